The van der Waals surface area contributed by atoms with Gasteiger partial charge in [0.05, 0.1) is 0 Å². The smallest absolute Gasteiger partial charge is 0.164 e. The third-order valence-electron chi connectivity index (χ3n) is 12.9. The fourth-order valence-corrected chi connectivity index (χ4v) is 10.1. The second kappa shape index (κ2) is 13.3. The number of aromatic nitrogens is 3. The number of allylic oxidation sites excluding steroid dienone is 5. The molecule has 4 heteroatoms. The summed E-state index contributed by atoms with van der Waals surface area (Å²) in [5, 5.41) is 2.15. The minimum atomic E-state index is -0.236. The molecule has 0 saturated carbocycles. The summed E-state index contributed by atoms with van der Waals surface area (Å²) < 4.78 is 6.59. The highest BCUT2D eigenvalue weighted by molar-refractivity contribution is 6.14. The molecular weight excluding hydrogens is 731 g/mol. The lowest BCUT2D eigenvalue weighted by Gasteiger charge is -2.29. The highest BCUT2D eigenvalue weighted by atomic mass is 16.3. The average Bonchev–Trinajstić information content (AvgIpc) is 3.80. The van der Waals surface area contributed by atoms with Gasteiger partial charge in [-0.05, 0) is 73.8 Å². The summed E-state index contributed by atoms with van der Waals surface area (Å²) >= 11 is 0. The molecule has 0 N–H and O–H groups in total. The Morgan fingerprint density at radius 1 is 0.500 bits per heavy atom. The van der Waals surface area contributed by atoms with Crippen LogP contribution in [0.5, 0.6) is 0 Å². The van der Waals surface area contributed by atoms with E-state index in [9.17, 15) is 0 Å². The summed E-state index contributed by atoms with van der Waals surface area (Å²) in [5.41, 5.74) is 16.6. The van der Waals surface area contributed by atoms with E-state index in [0.717, 1.165) is 49.8 Å². The van der Waals surface area contributed by atoms with Crippen molar-refractivity contribution in [2.24, 2.45) is 5.92 Å². The molecule has 0 fully saturated rings. The van der Waals surface area contributed by atoms with E-state index in [4.69, 9.17) is 19.4 Å². The van der Waals surface area contributed by atoms with E-state index in [1.165, 1.54) is 44.5 Å². The Morgan fingerprint density at radius 2 is 1.17 bits per heavy atom. The number of hydrogen-bond donors (Lipinski definition) is 0. The molecule has 2 aromatic heterocycles. The van der Waals surface area contributed by atoms with Gasteiger partial charge < -0.3 is 4.42 Å². The Kier molecular flexibility index (Phi) is 7.67. The molecule has 0 amide bonds. The minimum absolute atomic E-state index is 0.236. The minimum Gasteiger partial charge on any atom is -0.456 e. The molecule has 3 aliphatic rings. The zero-order valence-electron chi connectivity index (χ0n) is 33.3. The van der Waals surface area contributed by atoms with Gasteiger partial charge in [-0.3, -0.25) is 0 Å². The number of rotatable bonds is 5. The second-order valence-corrected chi connectivity index (χ2v) is 16.7. The Labute approximate surface area is 349 Å². The molecule has 0 bridgehead atoms. The summed E-state index contributed by atoms with van der Waals surface area (Å²) in [6, 6.07) is 55.7. The van der Waals surface area contributed by atoms with Crippen LogP contribution in [0.4, 0.5) is 0 Å². The second-order valence-electron chi connectivity index (χ2n) is 16.7. The van der Waals surface area contributed by atoms with E-state index in [1.807, 2.05) is 18.2 Å². The maximum atomic E-state index is 6.59. The lowest BCUT2D eigenvalue weighted by Crippen LogP contribution is -2.17. The van der Waals surface area contributed by atoms with Gasteiger partial charge in [0.1, 0.15) is 11.2 Å². The van der Waals surface area contributed by atoms with Crippen molar-refractivity contribution in [1.29, 1.82) is 0 Å². The Balaban J connectivity index is 1.03. The van der Waals surface area contributed by atoms with E-state index >= 15 is 0 Å². The van der Waals surface area contributed by atoms with Gasteiger partial charge in [0.25, 0.3) is 0 Å². The first-order valence-electron chi connectivity index (χ1n) is 20.8. The molecule has 0 spiro atoms. The third kappa shape index (κ3) is 5.34. The van der Waals surface area contributed by atoms with Gasteiger partial charge in [-0.2, -0.15) is 0 Å². The summed E-state index contributed by atoms with van der Waals surface area (Å²) in [7, 11) is 0. The van der Waals surface area contributed by atoms with Crippen LogP contribution in [0, 0.1) is 5.92 Å². The van der Waals surface area contributed by atoms with Gasteiger partial charge in [-0.1, -0.05) is 184 Å². The number of fused-ring (bicyclic) bond motifs is 9. The lowest BCUT2D eigenvalue weighted by molar-refractivity contribution is 0.661. The molecule has 2 atom stereocenters. The number of hydrogen-bond acceptors (Lipinski definition) is 4. The topological polar surface area (TPSA) is 51.8 Å². The van der Waals surface area contributed by atoms with E-state index in [0.29, 0.717) is 29.3 Å². The SMILES string of the molecule is CC1(C)c2ccccc2-c2cccc(-c3nc(-c4ccccc4)nc(-c4ccccc4-c4cccc5oc6ccc(C7=CC8c9ccccc9C=CC8C=C7)cc6c45)n3)c21. The monoisotopic (exact) mass is 769 g/mol. The zero-order valence-corrected chi connectivity index (χ0v) is 33.3. The first-order chi connectivity index (χ1) is 29.5. The van der Waals surface area contributed by atoms with Crippen molar-refractivity contribution in [1.82, 2.24) is 15.0 Å². The van der Waals surface area contributed by atoms with Crippen molar-refractivity contribution >= 4 is 33.6 Å². The third-order valence-corrected chi connectivity index (χ3v) is 12.9. The summed E-state index contributed by atoms with van der Waals surface area (Å²) in [4.78, 5) is 15.9. The lowest BCUT2D eigenvalue weighted by atomic mass is 9.75. The van der Waals surface area contributed by atoms with Crippen molar-refractivity contribution in [2.75, 3.05) is 0 Å². The first kappa shape index (κ1) is 34.6. The standard InChI is InChI=1S/C56H39N3O/c1-56(2)48-24-11-10-19-41(48)43-22-12-23-45(52(43)56)55-58-53(36-15-4-3-5-16-36)57-54(59-55)44-20-9-8-18-40(44)42-21-13-25-50-51(42)47-33-38(30-31-49(47)60-50)37-29-28-35-27-26-34-14-6-7-17-39(34)46(35)32-37/h3-33,35,46H,1-2H3. The van der Waals surface area contributed by atoms with Crippen LogP contribution < -0.4 is 0 Å². The highest BCUT2D eigenvalue weighted by Gasteiger charge is 2.38. The van der Waals surface area contributed by atoms with Crippen LogP contribution in [0.25, 0.3) is 90.0 Å². The number of furan rings is 1. The van der Waals surface area contributed by atoms with Gasteiger partial charge in [0.15, 0.2) is 17.5 Å². The maximum Gasteiger partial charge on any atom is 0.164 e. The molecule has 4 nitrogen and oxygen atoms in total. The van der Waals surface area contributed by atoms with Crippen molar-refractivity contribution in [3.8, 4) is 56.4 Å². The van der Waals surface area contributed by atoms with Crippen LogP contribution >= 0.6 is 0 Å². The van der Waals surface area contributed by atoms with Crippen LogP contribution in [0.3, 0.4) is 0 Å². The van der Waals surface area contributed by atoms with E-state index in [2.05, 4.69) is 184 Å². The van der Waals surface area contributed by atoms with Crippen molar-refractivity contribution < 1.29 is 4.42 Å². The highest BCUT2D eigenvalue weighted by Crippen LogP contribution is 2.52. The van der Waals surface area contributed by atoms with Gasteiger partial charge in [-0.25, -0.2) is 15.0 Å². The van der Waals surface area contributed by atoms with Gasteiger partial charge in [-0.15, -0.1) is 0 Å². The first-order valence-corrected chi connectivity index (χ1v) is 20.8. The average molecular weight is 770 g/mol. The zero-order chi connectivity index (χ0) is 40.0. The van der Waals surface area contributed by atoms with Gasteiger partial charge >= 0.3 is 0 Å². The molecule has 7 aromatic carbocycles. The summed E-state index contributed by atoms with van der Waals surface area (Å²) in [6.07, 6.45) is 11.7. The van der Waals surface area contributed by atoms with Crippen LogP contribution in [0.2, 0.25) is 0 Å². The molecule has 0 aliphatic heterocycles. The van der Waals surface area contributed by atoms with Crippen LogP contribution in [-0.2, 0) is 5.41 Å². The van der Waals surface area contributed by atoms with Gasteiger partial charge in [0, 0.05) is 44.7 Å². The molecular formula is C56H39N3O. The predicted octanol–water partition coefficient (Wildman–Crippen LogP) is 14.1. The number of benzene rings is 7. The Morgan fingerprint density at radius 3 is 2.05 bits per heavy atom. The maximum absolute atomic E-state index is 6.59. The van der Waals surface area contributed by atoms with Gasteiger partial charge in [0.2, 0.25) is 0 Å². The molecule has 12 rings (SSSR count). The fraction of sp³-hybridized carbons (Fsp3) is 0.0893. The summed E-state index contributed by atoms with van der Waals surface area (Å²) in [6.45, 7) is 4.62. The summed E-state index contributed by atoms with van der Waals surface area (Å²) in [5.74, 6) is 2.58. The molecule has 0 saturated heterocycles. The molecule has 2 heterocycles. The molecule has 3 aliphatic carbocycles. The van der Waals surface area contributed by atoms with Crippen molar-refractivity contribution in [3.63, 3.8) is 0 Å². The predicted molar refractivity (Wildman–Crippen MR) is 245 cm³/mol. The molecule has 9 aromatic rings. The van der Waals surface area contributed by atoms with Crippen LogP contribution in [-0.4, -0.2) is 15.0 Å². The molecule has 284 valence electrons. The van der Waals surface area contributed by atoms with Crippen molar-refractivity contribution in [3.05, 3.63) is 210 Å². The Hall–Kier alpha value is -7.43. The van der Waals surface area contributed by atoms with Crippen LogP contribution in [0.1, 0.15) is 47.6 Å². The van der Waals surface area contributed by atoms with E-state index < -0.39 is 0 Å². The van der Waals surface area contributed by atoms with Crippen molar-refractivity contribution in [2.45, 2.75) is 25.2 Å². The largest absolute Gasteiger partial charge is 0.456 e. The van der Waals surface area contributed by atoms with E-state index in [-0.39, 0.29) is 5.41 Å². The van der Waals surface area contributed by atoms with E-state index in [1.54, 1.807) is 0 Å². The molecule has 60 heavy (non-hydrogen) atoms. The quantitative estimate of drug-likeness (QED) is 0.175. The normalized spacial score (nSPS) is 16.9. The van der Waals surface area contributed by atoms with Crippen LogP contribution in [0.15, 0.2) is 186 Å². The molecule has 0 radical (unpaired) electrons. The Bertz CT molecular complexity index is 3310. The fourth-order valence-electron chi connectivity index (χ4n) is 10.1. The number of nitrogens with zero attached hydrogens (tertiary/aromatic N) is 3. The molecule has 2 unspecified atom stereocenters.